The number of nitrogens with zero attached hydrogens (tertiary/aromatic N) is 2. The number of fused-ring (bicyclic) bond motifs is 1. The standard InChI is InChI=1S/C22H19N3O2S/c1-2-18(27-19-14-8-12-15-9-6-7-13-17(15)19)20(26)23-22-25-24-21(28-22)16-10-4-3-5-11-16/h3-14,18H,2H2,1H3,(H,23,25,26). The fourth-order valence-electron chi connectivity index (χ4n) is 2.93. The molecule has 4 rings (SSSR count). The summed E-state index contributed by atoms with van der Waals surface area (Å²) in [6.45, 7) is 1.92. The Labute approximate surface area is 167 Å². The predicted molar refractivity (Wildman–Crippen MR) is 113 cm³/mol. The summed E-state index contributed by atoms with van der Waals surface area (Å²) in [7, 11) is 0. The first-order valence-electron chi connectivity index (χ1n) is 9.09. The third-order valence-electron chi connectivity index (χ3n) is 4.36. The molecule has 0 fully saturated rings. The van der Waals surface area contributed by atoms with Crippen molar-refractivity contribution in [1.82, 2.24) is 10.2 Å². The summed E-state index contributed by atoms with van der Waals surface area (Å²) in [6, 6.07) is 23.6. The molecule has 1 amide bonds. The zero-order valence-corrected chi connectivity index (χ0v) is 16.1. The van der Waals surface area contributed by atoms with Gasteiger partial charge in [0.2, 0.25) is 5.13 Å². The Kier molecular flexibility index (Phi) is 5.30. The van der Waals surface area contributed by atoms with Crippen molar-refractivity contribution in [3.63, 3.8) is 0 Å². The van der Waals surface area contributed by atoms with E-state index < -0.39 is 6.10 Å². The molecule has 0 saturated heterocycles. The van der Waals surface area contributed by atoms with Crippen molar-refractivity contribution in [2.45, 2.75) is 19.4 Å². The number of carbonyl (C=O) groups is 1. The first-order chi connectivity index (χ1) is 13.7. The molecule has 3 aromatic carbocycles. The number of carbonyl (C=O) groups excluding carboxylic acids is 1. The lowest BCUT2D eigenvalue weighted by Gasteiger charge is -2.17. The molecule has 1 heterocycles. The van der Waals surface area contributed by atoms with Crippen LogP contribution in [-0.4, -0.2) is 22.2 Å². The molecule has 28 heavy (non-hydrogen) atoms. The van der Waals surface area contributed by atoms with Gasteiger partial charge in [0.05, 0.1) is 0 Å². The average molecular weight is 389 g/mol. The molecule has 0 aliphatic heterocycles. The minimum Gasteiger partial charge on any atom is -0.480 e. The maximum absolute atomic E-state index is 12.7. The fourth-order valence-corrected chi connectivity index (χ4v) is 3.68. The molecule has 0 aliphatic carbocycles. The van der Waals surface area contributed by atoms with Gasteiger partial charge in [-0.15, -0.1) is 10.2 Å². The van der Waals surface area contributed by atoms with E-state index in [9.17, 15) is 4.79 Å². The van der Waals surface area contributed by atoms with Crippen LogP contribution in [0.25, 0.3) is 21.3 Å². The van der Waals surface area contributed by atoms with Crippen molar-refractivity contribution in [1.29, 1.82) is 0 Å². The van der Waals surface area contributed by atoms with Crippen LogP contribution in [0.1, 0.15) is 13.3 Å². The molecule has 4 aromatic rings. The van der Waals surface area contributed by atoms with Gasteiger partial charge in [-0.3, -0.25) is 10.1 Å². The maximum atomic E-state index is 12.7. The van der Waals surface area contributed by atoms with Crippen LogP contribution in [0.15, 0.2) is 72.8 Å². The smallest absolute Gasteiger partial charge is 0.267 e. The quantitative estimate of drug-likeness (QED) is 0.495. The molecule has 1 unspecified atom stereocenters. The van der Waals surface area contributed by atoms with Gasteiger partial charge in [0.15, 0.2) is 6.10 Å². The summed E-state index contributed by atoms with van der Waals surface area (Å²) in [5.74, 6) is 0.466. The molecule has 0 spiro atoms. The summed E-state index contributed by atoms with van der Waals surface area (Å²) in [5.41, 5.74) is 0.972. The number of rotatable bonds is 6. The second-order valence-corrected chi connectivity index (χ2v) is 7.24. The second kappa shape index (κ2) is 8.19. The van der Waals surface area contributed by atoms with Gasteiger partial charge in [-0.05, 0) is 17.9 Å². The van der Waals surface area contributed by atoms with Crippen LogP contribution in [0.4, 0.5) is 5.13 Å². The van der Waals surface area contributed by atoms with Gasteiger partial charge in [-0.2, -0.15) is 0 Å². The molecule has 1 atom stereocenters. The summed E-state index contributed by atoms with van der Waals surface area (Å²) in [6.07, 6.45) is -0.0748. The number of benzene rings is 3. The fraction of sp³-hybridized carbons (Fsp3) is 0.136. The Hall–Kier alpha value is -3.25. The average Bonchev–Trinajstić information content (AvgIpc) is 3.21. The van der Waals surface area contributed by atoms with Crippen LogP contribution in [0, 0.1) is 0 Å². The molecule has 1 aromatic heterocycles. The lowest BCUT2D eigenvalue weighted by Crippen LogP contribution is -2.32. The Bertz CT molecular complexity index is 1090. The highest BCUT2D eigenvalue weighted by molar-refractivity contribution is 7.18. The van der Waals surface area contributed by atoms with Crippen molar-refractivity contribution in [3.05, 3.63) is 72.8 Å². The Morgan fingerprint density at radius 2 is 1.75 bits per heavy atom. The Morgan fingerprint density at radius 1 is 1.00 bits per heavy atom. The van der Waals surface area contributed by atoms with Gasteiger partial charge < -0.3 is 4.74 Å². The third-order valence-corrected chi connectivity index (χ3v) is 5.25. The highest BCUT2D eigenvalue weighted by Crippen LogP contribution is 2.28. The van der Waals surface area contributed by atoms with E-state index in [2.05, 4.69) is 15.5 Å². The number of hydrogen-bond donors (Lipinski definition) is 1. The summed E-state index contributed by atoms with van der Waals surface area (Å²) >= 11 is 1.34. The molecule has 0 bridgehead atoms. The summed E-state index contributed by atoms with van der Waals surface area (Å²) in [5, 5.41) is 14.4. The number of aromatic nitrogens is 2. The Morgan fingerprint density at radius 3 is 2.57 bits per heavy atom. The Balaban J connectivity index is 1.49. The minimum atomic E-state index is -0.616. The molecule has 6 heteroatoms. The highest BCUT2D eigenvalue weighted by atomic mass is 32.1. The largest absolute Gasteiger partial charge is 0.480 e. The molecular weight excluding hydrogens is 370 g/mol. The summed E-state index contributed by atoms with van der Waals surface area (Å²) < 4.78 is 6.05. The van der Waals surface area contributed by atoms with E-state index in [0.717, 1.165) is 21.3 Å². The van der Waals surface area contributed by atoms with Gasteiger partial charge in [0.1, 0.15) is 10.8 Å². The number of hydrogen-bond acceptors (Lipinski definition) is 5. The predicted octanol–water partition coefficient (Wildman–Crippen LogP) is 5.15. The van der Waals surface area contributed by atoms with E-state index in [1.165, 1.54) is 11.3 Å². The minimum absolute atomic E-state index is 0.230. The van der Waals surface area contributed by atoms with Gasteiger partial charge in [0, 0.05) is 10.9 Å². The van der Waals surface area contributed by atoms with E-state index in [1.54, 1.807) is 0 Å². The lowest BCUT2D eigenvalue weighted by atomic mass is 10.1. The van der Waals surface area contributed by atoms with E-state index in [4.69, 9.17) is 4.74 Å². The monoisotopic (exact) mass is 389 g/mol. The maximum Gasteiger partial charge on any atom is 0.267 e. The van der Waals surface area contributed by atoms with Crippen LogP contribution in [-0.2, 0) is 4.79 Å². The van der Waals surface area contributed by atoms with Crippen molar-refractivity contribution in [2.24, 2.45) is 0 Å². The number of ether oxygens (including phenoxy) is 1. The second-order valence-electron chi connectivity index (χ2n) is 6.26. The van der Waals surface area contributed by atoms with Gasteiger partial charge in [0.25, 0.3) is 5.91 Å². The molecule has 1 N–H and O–H groups in total. The van der Waals surface area contributed by atoms with E-state index in [-0.39, 0.29) is 5.91 Å². The highest BCUT2D eigenvalue weighted by Gasteiger charge is 2.21. The lowest BCUT2D eigenvalue weighted by molar-refractivity contribution is -0.122. The van der Waals surface area contributed by atoms with Crippen LogP contribution in [0.5, 0.6) is 5.75 Å². The molecule has 140 valence electrons. The van der Waals surface area contributed by atoms with Crippen molar-refractivity contribution in [2.75, 3.05) is 5.32 Å². The van der Waals surface area contributed by atoms with E-state index in [0.29, 0.717) is 17.3 Å². The van der Waals surface area contributed by atoms with Gasteiger partial charge >= 0.3 is 0 Å². The normalized spacial score (nSPS) is 11.9. The first kappa shape index (κ1) is 18.1. The molecule has 5 nitrogen and oxygen atoms in total. The van der Waals surface area contributed by atoms with Crippen molar-refractivity contribution >= 4 is 33.1 Å². The molecule has 0 saturated carbocycles. The van der Waals surface area contributed by atoms with Crippen molar-refractivity contribution < 1.29 is 9.53 Å². The van der Waals surface area contributed by atoms with Crippen LogP contribution in [0.2, 0.25) is 0 Å². The van der Waals surface area contributed by atoms with Gasteiger partial charge in [-0.25, -0.2) is 0 Å². The van der Waals surface area contributed by atoms with Crippen LogP contribution >= 0.6 is 11.3 Å². The molecule has 0 aliphatic rings. The zero-order chi connectivity index (χ0) is 19.3. The van der Waals surface area contributed by atoms with E-state index >= 15 is 0 Å². The zero-order valence-electron chi connectivity index (χ0n) is 15.3. The SMILES string of the molecule is CCC(Oc1cccc2ccccc12)C(=O)Nc1nnc(-c2ccccc2)s1. The third kappa shape index (κ3) is 3.87. The number of anilines is 1. The van der Waals surface area contributed by atoms with Crippen LogP contribution in [0.3, 0.4) is 0 Å². The molecular formula is C22H19N3O2S. The molecule has 0 radical (unpaired) electrons. The van der Waals surface area contributed by atoms with Crippen LogP contribution < -0.4 is 10.1 Å². The summed E-state index contributed by atoms with van der Waals surface area (Å²) in [4.78, 5) is 12.7. The van der Waals surface area contributed by atoms with Crippen molar-refractivity contribution in [3.8, 4) is 16.3 Å². The van der Waals surface area contributed by atoms with E-state index in [1.807, 2.05) is 79.7 Å². The topological polar surface area (TPSA) is 64.1 Å². The first-order valence-corrected chi connectivity index (χ1v) is 9.90. The number of nitrogens with one attached hydrogen (secondary N) is 1. The number of amides is 1. The van der Waals surface area contributed by atoms with Gasteiger partial charge in [-0.1, -0.05) is 85.0 Å².